The minimum atomic E-state index is 0.551. The summed E-state index contributed by atoms with van der Waals surface area (Å²) in [5.41, 5.74) is 8.03. The highest BCUT2D eigenvalue weighted by Gasteiger charge is 2.08. The standard InChI is InChI=1S/C13H17N3/c1-2-8-16-9-7-15-13(16)12-6-4-3-5-11(12)10-14/h3-7,9H,2,8,10,14H2,1H3. The zero-order valence-corrected chi connectivity index (χ0v) is 9.56. The molecule has 0 aliphatic rings. The SMILES string of the molecule is CCCn1ccnc1-c1ccccc1CN. The molecular formula is C13H17N3. The average molecular weight is 215 g/mol. The summed E-state index contributed by atoms with van der Waals surface area (Å²) in [5, 5.41) is 0. The van der Waals surface area contributed by atoms with E-state index in [4.69, 9.17) is 5.73 Å². The highest BCUT2D eigenvalue weighted by molar-refractivity contribution is 5.60. The van der Waals surface area contributed by atoms with Crippen LogP contribution in [0, 0.1) is 0 Å². The van der Waals surface area contributed by atoms with Crippen LogP contribution in [-0.4, -0.2) is 9.55 Å². The molecule has 0 unspecified atom stereocenters. The first-order chi connectivity index (χ1) is 7.86. The van der Waals surface area contributed by atoms with Crippen molar-refractivity contribution in [2.24, 2.45) is 5.73 Å². The summed E-state index contributed by atoms with van der Waals surface area (Å²) in [5.74, 6) is 1.02. The number of nitrogens with two attached hydrogens (primary N) is 1. The van der Waals surface area contributed by atoms with Crippen molar-refractivity contribution in [3.63, 3.8) is 0 Å². The predicted octanol–water partition coefficient (Wildman–Crippen LogP) is 2.42. The Morgan fingerprint density at radius 2 is 2.12 bits per heavy atom. The minimum absolute atomic E-state index is 0.551. The van der Waals surface area contributed by atoms with Crippen molar-refractivity contribution in [2.75, 3.05) is 0 Å². The highest BCUT2D eigenvalue weighted by Crippen LogP contribution is 2.21. The van der Waals surface area contributed by atoms with Crippen LogP contribution < -0.4 is 5.73 Å². The van der Waals surface area contributed by atoms with Crippen LogP contribution in [0.15, 0.2) is 36.7 Å². The van der Waals surface area contributed by atoms with E-state index >= 15 is 0 Å². The van der Waals surface area contributed by atoms with Gasteiger partial charge in [0.2, 0.25) is 0 Å². The fraction of sp³-hybridized carbons (Fsp3) is 0.308. The Bertz CT molecular complexity index is 460. The van der Waals surface area contributed by atoms with Crippen molar-refractivity contribution in [1.82, 2.24) is 9.55 Å². The Morgan fingerprint density at radius 1 is 1.31 bits per heavy atom. The molecule has 0 saturated carbocycles. The third-order valence-electron chi connectivity index (χ3n) is 2.66. The van der Waals surface area contributed by atoms with E-state index in [-0.39, 0.29) is 0 Å². The highest BCUT2D eigenvalue weighted by atomic mass is 15.1. The van der Waals surface area contributed by atoms with Gasteiger partial charge in [0.05, 0.1) is 0 Å². The van der Waals surface area contributed by atoms with E-state index in [2.05, 4.69) is 28.6 Å². The molecule has 0 aliphatic heterocycles. The summed E-state index contributed by atoms with van der Waals surface area (Å²) in [6.07, 6.45) is 4.97. The molecule has 0 radical (unpaired) electrons. The number of aryl methyl sites for hydroxylation is 1. The summed E-state index contributed by atoms with van der Waals surface area (Å²) in [4.78, 5) is 4.42. The summed E-state index contributed by atoms with van der Waals surface area (Å²) in [7, 11) is 0. The van der Waals surface area contributed by atoms with Crippen LogP contribution in [-0.2, 0) is 13.1 Å². The molecular weight excluding hydrogens is 198 g/mol. The van der Waals surface area contributed by atoms with Gasteiger partial charge in [-0.05, 0) is 12.0 Å². The Morgan fingerprint density at radius 3 is 2.88 bits per heavy atom. The number of aromatic nitrogens is 2. The van der Waals surface area contributed by atoms with Gasteiger partial charge in [0.15, 0.2) is 0 Å². The summed E-state index contributed by atoms with van der Waals surface area (Å²) >= 11 is 0. The summed E-state index contributed by atoms with van der Waals surface area (Å²) < 4.78 is 2.18. The van der Waals surface area contributed by atoms with Crippen molar-refractivity contribution in [2.45, 2.75) is 26.4 Å². The van der Waals surface area contributed by atoms with Crippen LogP contribution in [0.1, 0.15) is 18.9 Å². The first-order valence-corrected chi connectivity index (χ1v) is 5.66. The third-order valence-corrected chi connectivity index (χ3v) is 2.66. The summed E-state index contributed by atoms with van der Waals surface area (Å²) in [6, 6.07) is 8.18. The molecule has 84 valence electrons. The molecule has 0 spiro atoms. The smallest absolute Gasteiger partial charge is 0.140 e. The van der Waals surface area contributed by atoms with Gasteiger partial charge in [0, 0.05) is 31.0 Å². The van der Waals surface area contributed by atoms with Crippen LogP contribution in [0.3, 0.4) is 0 Å². The summed E-state index contributed by atoms with van der Waals surface area (Å²) in [6.45, 7) is 3.71. The second-order valence-corrected chi connectivity index (χ2v) is 3.81. The van der Waals surface area contributed by atoms with Gasteiger partial charge in [-0.3, -0.25) is 0 Å². The number of benzene rings is 1. The van der Waals surface area contributed by atoms with Gasteiger partial charge in [-0.1, -0.05) is 31.2 Å². The molecule has 1 heterocycles. The Labute approximate surface area is 95.9 Å². The lowest BCUT2D eigenvalue weighted by Gasteiger charge is -2.09. The molecule has 0 amide bonds. The topological polar surface area (TPSA) is 43.8 Å². The Hall–Kier alpha value is -1.61. The van der Waals surface area contributed by atoms with Crippen LogP contribution in [0.25, 0.3) is 11.4 Å². The number of nitrogens with zero attached hydrogens (tertiary/aromatic N) is 2. The van der Waals surface area contributed by atoms with Crippen molar-refractivity contribution < 1.29 is 0 Å². The van der Waals surface area contributed by atoms with Crippen molar-refractivity contribution in [3.05, 3.63) is 42.2 Å². The number of imidazole rings is 1. The first-order valence-electron chi connectivity index (χ1n) is 5.66. The van der Waals surface area contributed by atoms with E-state index in [1.54, 1.807) is 0 Å². The van der Waals surface area contributed by atoms with E-state index < -0.39 is 0 Å². The number of hydrogen-bond donors (Lipinski definition) is 1. The normalized spacial score (nSPS) is 10.6. The maximum Gasteiger partial charge on any atom is 0.140 e. The van der Waals surface area contributed by atoms with E-state index in [0.29, 0.717) is 6.54 Å². The van der Waals surface area contributed by atoms with Crippen molar-refractivity contribution in [1.29, 1.82) is 0 Å². The van der Waals surface area contributed by atoms with Crippen LogP contribution >= 0.6 is 0 Å². The maximum atomic E-state index is 5.74. The molecule has 0 aliphatic carbocycles. The minimum Gasteiger partial charge on any atom is -0.331 e. The molecule has 0 bridgehead atoms. The zero-order valence-electron chi connectivity index (χ0n) is 9.56. The molecule has 2 N–H and O–H groups in total. The molecule has 1 aromatic carbocycles. The lowest BCUT2D eigenvalue weighted by atomic mass is 10.1. The van der Waals surface area contributed by atoms with Gasteiger partial charge in [0.25, 0.3) is 0 Å². The molecule has 3 nitrogen and oxygen atoms in total. The zero-order chi connectivity index (χ0) is 11.4. The number of hydrogen-bond acceptors (Lipinski definition) is 2. The third kappa shape index (κ3) is 1.99. The second kappa shape index (κ2) is 4.94. The Balaban J connectivity index is 2.45. The van der Waals surface area contributed by atoms with Crippen LogP contribution in [0.2, 0.25) is 0 Å². The van der Waals surface area contributed by atoms with Gasteiger partial charge >= 0.3 is 0 Å². The average Bonchev–Trinajstić information content (AvgIpc) is 2.77. The van der Waals surface area contributed by atoms with E-state index in [1.807, 2.05) is 24.5 Å². The fourth-order valence-electron chi connectivity index (χ4n) is 1.89. The largest absolute Gasteiger partial charge is 0.331 e. The van der Waals surface area contributed by atoms with Gasteiger partial charge in [-0.15, -0.1) is 0 Å². The van der Waals surface area contributed by atoms with E-state index in [1.165, 1.54) is 0 Å². The van der Waals surface area contributed by atoms with E-state index in [9.17, 15) is 0 Å². The van der Waals surface area contributed by atoms with Crippen molar-refractivity contribution >= 4 is 0 Å². The van der Waals surface area contributed by atoms with Crippen molar-refractivity contribution in [3.8, 4) is 11.4 Å². The molecule has 3 heteroatoms. The second-order valence-electron chi connectivity index (χ2n) is 3.81. The number of rotatable bonds is 4. The fourth-order valence-corrected chi connectivity index (χ4v) is 1.89. The first kappa shape index (κ1) is 10.9. The molecule has 2 rings (SSSR count). The lowest BCUT2D eigenvalue weighted by Crippen LogP contribution is -2.03. The lowest BCUT2D eigenvalue weighted by molar-refractivity contribution is 0.685. The molecule has 2 aromatic rings. The van der Waals surface area contributed by atoms with Crippen LogP contribution in [0.5, 0.6) is 0 Å². The van der Waals surface area contributed by atoms with Gasteiger partial charge in [-0.25, -0.2) is 4.98 Å². The molecule has 0 atom stereocenters. The van der Waals surface area contributed by atoms with Gasteiger partial charge in [-0.2, -0.15) is 0 Å². The molecule has 1 aromatic heterocycles. The molecule has 16 heavy (non-hydrogen) atoms. The predicted molar refractivity (Wildman–Crippen MR) is 65.8 cm³/mol. The van der Waals surface area contributed by atoms with E-state index in [0.717, 1.165) is 29.9 Å². The Kier molecular flexibility index (Phi) is 3.37. The maximum absolute atomic E-state index is 5.74. The van der Waals surface area contributed by atoms with Gasteiger partial charge < -0.3 is 10.3 Å². The quantitative estimate of drug-likeness (QED) is 0.851. The molecule has 0 fully saturated rings. The van der Waals surface area contributed by atoms with Gasteiger partial charge in [0.1, 0.15) is 5.82 Å². The molecule has 0 saturated heterocycles. The van der Waals surface area contributed by atoms with Crippen LogP contribution in [0.4, 0.5) is 0 Å². The monoisotopic (exact) mass is 215 g/mol.